The van der Waals surface area contributed by atoms with Crippen LogP contribution in [0.1, 0.15) is 15.9 Å². The number of rotatable bonds is 7. The van der Waals surface area contributed by atoms with Gasteiger partial charge in [0.15, 0.2) is 11.5 Å². The maximum absolute atomic E-state index is 11.8. The molecule has 0 saturated carbocycles. The van der Waals surface area contributed by atoms with Crippen molar-refractivity contribution in [3.8, 4) is 11.5 Å². The number of benzene rings is 1. The van der Waals surface area contributed by atoms with Crippen molar-refractivity contribution in [3.05, 3.63) is 53.9 Å². The van der Waals surface area contributed by atoms with Gasteiger partial charge in [-0.05, 0) is 35.9 Å². The summed E-state index contributed by atoms with van der Waals surface area (Å²) in [4.78, 5) is 27.3. The van der Waals surface area contributed by atoms with Gasteiger partial charge >= 0.3 is 0 Å². The smallest absolute Gasteiger partial charge is 0.259 e. The normalized spacial score (nSPS) is 10.3. The van der Waals surface area contributed by atoms with E-state index in [9.17, 15) is 9.59 Å². The molecule has 2 rings (SSSR count). The Labute approximate surface area is 144 Å². The lowest BCUT2D eigenvalue weighted by Crippen LogP contribution is -2.34. The van der Waals surface area contributed by atoms with Gasteiger partial charge in [0, 0.05) is 12.4 Å². The third-order valence-electron chi connectivity index (χ3n) is 3.14. The highest BCUT2D eigenvalue weighted by molar-refractivity contribution is 5.96. The maximum Gasteiger partial charge on any atom is 0.259 e. The Morgan fingerprint density at radius 1 is 1.20 bits per heavy atom. The van der Waals surface area contributed by atoms with Crippen LogP contribution in [0, 0.1) is 0 Å². The van der Waals surface area contributed by atoms with Crippen molar-refractivity contribution in [3.63, 3.8) is 0 Å². The summed E-state index contributed by atoms with van der Waals surface area (Å²) in [6, 6.07) is 8.47. The van der Waals surface area contributed by atoms with Crippen LogP contribution in [0.2, 0.25) is 0 Å². The first-order valence-corrected chi connectivity index (χ1v) is 7.36. The predicted molar refractivity (Wildman–Crippen MR) is 91.9 cm³/mol. The van der Waals surface area contributed by atoms with Gasteiger partial charge in [0.05, 0.1) is 32.5 Å². The minimum absolute atomic E-state index is 0.197. The molecular formula is C17H18N4O4. The monoisotopic (exact) mass is 342 g/mol. The summed E-state index contributed by atoms with van der Waals surface area (Å²) in [6.07, 6.45) is 4.44. The van der Waals surface area contributed by atoms with Crippen molar-refractivity contribution in [1.82, 2.24) is 15.7 Å². The van der Waals surface area contributed by atoms with E-state index in [2.05, 4.69) is 20.8 Å². The van der Waals surface area contributed by atoms with Crippen LogP contribution in [0.5, 0.6) is 11.5 Å². The largest absolute Gasteiger partial charge is 0.493 e. The average Bonchev–Trinajstić information content (AvgIpc) is 2.66. The van der Waals surface area contributed by atoms with Gasteiger partial charge < -0.3 is 14.8 Å². The molecule has 8 nitrogen and oxygen atoms in total. The Morgan fingerprint density at radius 2 is 2.00 bits per heavy atom. The van der Waals surface area contributed by atoms with Crippen LogP contribution < -0.4 is 20.2 Å². The number of aromatic nitrogens is 1. The molecule has 0 bridgehead atoms. The van der Waals surface area contributed by atoms with Gasteiger partial charge in [-0.2, -0.15) is 5.10 Å². The molecule has 0 aliphatic carbocycles. The summed E-state index contributed by atoms with van der Waals surface area (Å²) in [5.41, 5.74) is 3.43. The number of methoxy groups -OCH3 is 2. The summed E-state index contributed by atoms with van der Waals surface area (Å²) in [5.74, 6) is 0.324. The molecular weight excluding hydrogens is 324 g/mol. The Balaban J connectivity index is 1.83. The highest BCUT2D eigenvalue weighted by Crippen LogP contribution is 2.26. The fraction of sp³-hybridized carbons (Fsp3) is 0.176. The molecule has 1 aromatic carbocycles. The fourth-order valence-corrected chi connectivity index (χ4v) is 1.91. The Kier molecular flexibility index (Phi) is 6.47. The molecule has 0 aliphatic rings. The number of nitrogens with one attached hydrogen (secondary N) is 2. The third kappa shape index (κ3) is 5.31. The molecule has 2 N–H and O–H groups in total. The van der Waals surface area contributed by atoms with E-state index in [1.165, 1.54) is 19.5 Å². The molecule has 0 fully saturated rings. The van der Waals surface area contributed by atoms with E-state index in [-0.39, 0.29) is 12.5 Å². The van der Waals surface area contributed by atoms with Crippen LogP contribution in [0.25, 0.3) is 0 Å². The maximum atomic E-state index is 11.8. The molecule has 8 heteroatoms. The molecule has 0 spiro atoms. The van der Waals surface area contributed by atoms with Crippen LogP contribution in [-0.2, 0) is 4.79 Å². The van der Waals surface area contributed by atoms with E-state index in [1.54, 1.807) is 43.6 Å². The first kappa shape index (κ1) is 17.9. The van der Waals surface area contributed by atoms with Gasteiger partial charge in [0.2, 0.25) is 0 Å². The topological polar surface area (TPSA) is 102 Å². The second-order valence-corrected chi connectivity index (χ2v) is 4.83. The van der Waals surface area contributed by atoms with Crippen molar-refractivity contribution in [2.45, 2.75) is 0 Å². The van der Waals surface area contributed by atoms with Crippen LogP contribution in [0.4, 0.5) is 0 Å². The zero-order valence-corrected chi connectivity index (χ0v) is 13.9. The van der Waals surface area contributed by atoms with Crippen LogP contribution in [0.15, 0.2) is 47.8 Å². The van der Waals surface area contributed by atoms with Crippen LogP contribution in [0.3, 0.4) is 0 Å². The minimum atomic E-state index is -0.450. The predicted octanol–water partition coefficient (Wildman–Crippen LogP) is 0.979. The minimum Gasteiger partial charge on any atom is -0.493 e. The highest BCUT2D eigenvalue weighted by Gasteiger charge is 2.07. The van der Waals surface area contributed by atoms with Crippen LogP contribution >= 0.6 is 0 Å². The lowest BCUT2D eigenvalue weighted by atomic mass is 10.2. The molecule has 2 aromatic rings. The van der Waals surface area contributed by atoms with Gasteiger partial charge in [0.25, 0.3) is 11.8 Å². The molecule has 1 heterocycles. The molecule has 25 heavy (non-hydrogen) atoms. The van der Waals surface area contributed by atoms with Gasteiger partial charge in [-0.1, -0.05) is 0 Å². The fourth-order valence-electron chi connectivity index (χ4n) is 1.91. The Hall–Kier alpha value is -3.42. The van der Waals surface area contributed by atoms with Gasteiger partial charge in [0.1, 0.15) is 0 Å². The SMILES string of the molecule is COc1ccc(/C=N/NC(=O)CNC(=O)c2cccnc2)cc1OC. The quantitative estimate of drug-likeness (QED) is 0.577. The number of carbonyl (C=O) groups excluding carboxylic acids is 2. The molecule has 130 valence electrons. The first-order valence-electron chi connectivity index (χ1n) is 7.36. The lowest BCUT2D eigenvalue weighted by Gasteiger charge is -2.07. The van der Waals surface area contributed by atoms with Crippen molar-refractivity contribution < 1.29 is 19.1 Å². The van der Waals surface area contributed by atoms with E-state index < -0.39 is 5.91 Å². The molecule has 2 amide bonds. The third-order valence-corrected chi connectivity index (χ3v) is 3.14. The lowest BCUT2D eigenvalue weighted by molar-refractivity contribution is -0.120. The number of amides is 2. The van der Waals surface area contributed by atoms with E-state index in [4.69, 9.17) is 9.47 Å². The summed E-state index contributed by atoms with van der Waals surface area (Å²) in [6.45, 7) is -0.197. The summed E-state index contributed by atoms with van der Waals surface area (Å²) in [5, 5.41) is 6.32. The number of hydrogen-bond donors (Lipinski definition) is 2. The summed E-state index contributed by atoms with van der Waals surface area (Å²) < 4.78 is 10.3. The molecule has 0 radical (unpaired) electrons. The standard InChI is InChI=1S/C17H18N4O4/c1-24-14-6-5-12(8-15(14)25-2)9-20-21-16(22)11-19-17(23)13-4-3-7-18-10-13/h3-10H,11H2,1-2H3,(H,19,23)(H,21,22)/b20-9+. The Morgan fingerprint density at radius 3 is 2.68 bits per heavy atom. The zero-order valence-electron chi connectivity index (χ0n) is 13.9. The molecule has 0 aliphatic heterocycles. The number of nitrogens with zero attached hydrogens (tertiary/aromatic N) is 2. The number of carbonyl (C=O) groups is 2. The van der Waals surface area contributed by atoms with Crippen molar-refractivity contribution in [2.24, 2.45) is 5.10 Å². The van der Waals surface area contributed by atoms with Crippen LogP contribution in [-0.4, -0.2) is 43.8 Å². The number of pyridine rings is 1. The van der Waals surface area contributed by atoms with E-state index in [0.717, 1.165) is 5.56 Å². The zero-order chi connectivity index (χ0) is 18.1. The number of hydrogen-bond acceptors (Lipinski definition) is 6. The summed E-state index contributed by atoms with van der Waals surface area (Å²) >= 11 is 0. The molecule has 0 unspecified atom stereocenters. The first-order chi connectivity index (χ1) is 12.1. The number of hydrazone groups is 1. The molecule has 0 saturated heterocycles. The van der Waals surface area contributed by atoms with E-state index >= 15 is 0 Å². The van der Waals surface area contributed by atoms with E-state index in [0.29, 0.717) is 17.1 Å². The highest BCUT2D eigenvalue weighted by atomic mass is 16.5. The van der Waals surface area contributed by atoms with Gasteiger partial charge in [-0.25, -0.2) is 5.43 Å². The molecule has 0 atom stereocenters. The van der Waals surface area contributed by atoms with E-state index in [1.807, 2.05) is 0 Å². The average molecular weight is 342 g/mol. The van der Waals surface area contributed by atoms with Gasteiger partial charge in [-0.3, -0.25) is 14.6 Å². The second-order valence-electron chi connectivity index (χ2n) is 4.83. The van der Waals surface area contributed by atoms with Gasteiger partial charge in [-0.15, -0.1) is 0 Å². The Bertz CT molecular complexity index is 762. The van der Waals surface area contributed by atoms with Crippen molar-refractivity contribution in [2.75, 3.05) is 20.8 Å². The second kappa shape index (κ2) is 9.02. The van der Waals surface area contributed by atoms with Crippen molar-refractivity contribution in [1.29, 1.82) is 0 Å². The molecule has 1 aromatic heterocycles. The summed E-state index contributed by atoms with van der Waals surface area (Å²) in [7, 11) is 3.08. The van der Waals surface area contributed by atoms with Crippen molar-refractivity contribution >= 4 is 18.0 Å². The number of ether oxygens (including phenoxy) is 2.